The average Bonchev–Trinajstić information content (AvgIpc) is 3.02. The first-order chi connectivity index (χ1) is 14.5. The number of ether oxygens (including phenoxy) is 1. The van der Waals surface area contributed by atoms with E-state index in [9.17, 15) is 14.4 Å². The Labute approximate surface area is 172 Å². The van der Waals surface area contributed by atoms with Crippen LogP contribution in [-0.4, -0.2) is 40.9 Å². The van der Waals surface area contributed by atoms with E-state index in [-0.39, 0.29) is 18.9 Å². The van der Waals surface area contributed by atoms with Crippen molar-refractivity contribution >= 4 is 34.4 Å². The van der Waals surface area contributed by atoms with Crippen LogP contribution in [0.5, 0.6) is 5.75 Å². The van der Waals surface area contributed by atoms with Crippen LogP contribution in [0.4, 0.5) is 10.5 Å². The van der Waals surface area contributed by atoms with Gasteiger partial charge < -0.3 is 15.4 Å². The fraction of sp³-hybridized carbons (Fsp3) is 0.182. The molecule has 2 heterocycles. The Morgan fingerprint density at radius 1 is 1.13 bits per heavy atom. The van der Waals surface area contributed by atoms with Crippen molar-refractivity contribution in [3.05, 3.63) is 66.4 Å². The Morgan fingerprint density at radius 3 is 2.70 bits per heavy atom. The Kier molecular flexibility index (Phi) is 5.30. The summed E-state index contributed by atoms with van der Waals surface area (Å²) in [5.74, 6) is -0.101. The zero-order chi connectivity index (χ0) is 21.1. The highest BCUT2D eigenvalue weighted by molar-refractivity contribution is 6.08. The van der Waals surface area contributed by atoms with Gasteiger partial charge in [0.05, 0.1) is 31.3 Å². The van der Waals surface area contributed by atoms with Crippen molar-refractivity contribution in [1.82, 2.24) is 15.2 Å². The van der Waals surface area contributed by atoms with Crippen LogP contribution in [0.1, 0.15) is 12.0 Å². The minimum absolute atomic E-state index is 0.127. The molecule has 0 unspecified atom stereocenters. The molecule has 2 aromatic carbocycles. The van der Waals surface area contributed by atoms with Gasteiger partial charge in [-0.25, -0.2) is 4.79 Å². The minimum Gasteiger partial charge on any atom is -0.497 e. The van der Waals surface area contributed by atoms with Crippen LogP contribution in [0.2, 0.25) is 0 Å². The molecular weight excluding hydrogens is 384 g/mol. The minimum atomic E-state index is -0.899. The first-order valence-electron chi connectivity index (χ1n) is 9.43. The topological polar surface area (TPSA) is 101 Å². The number of methoxy groups -OCH3 is 1. The molecule has 2 N–H and O–H groups in total. The van der Waals surface area contributed by atoms with Crippen molar-refractivity contribution in [3.8, 4) is 5.75 Å². The molecule has 0 saturated carbocycles. The number of hydrogen-bond acceptors (Lipinski definition) is 5. The van der Waals surface area contributed by atoms with Gasteiger partial charge in [-0.3, -0.25) is 19.5 Å². The third-order valence-corrected chi connectivity index (χ3v) is 4.92. The molecule has 152 valence electrons. The van der Waals surface area contributed by atoms with E-state index < -0.39 is 18.0 Å². The summed E-state index contributed by atoms with van der Waals surface area (Å²) < 4.78 is 5.11. The van der Waals surface area contributed by atoms with E-state index in [0.29, 0.717) is 11.4 Å². The molecule has 1 aromatic heterocycles. The molecule has 3 aromatic rings. The van der Waals surface area contributed by atoms with Gasteiger partial charge in [0.2, 0.25) is 5.91 Å². The van der Waals surface area contributed by atoms with Crippen LogP contribution < -0.4 is 15.4 Å². The summed E-state index contributed by atoms with van der Waals surface area (Å²) in [4.78, 5) is 42.8. The van der Waals surface area contributed by atoms with Gasteiger partial charge in [-0.2, -0.15) is 0 Å². The second-order valence-corrected chi connectivity index (χ2v) is 6.90. The number of aromatic nitrogens is 1. The average molecular weight is 404 g/mol. The van der Waals surface area contributed by atoms with E-state index in [1.807, 2.05) is 12.1 Å². The lowest BCUT2D eigenvalue weighted by Gasteiger charge is -2.14. The molecule has 1 fully saturated rings. The van der Waals surface area contributed by atoms with Gasteiger partial charge in [-0.1, -0.05) is 18.2 Å². The van der Waals surface area contributed by atoms with Crippen LogP contribution >= 0.6 is 0 Å². The van der Waals surface area contributed by atoms with Crippen molar-refractivity contribution in [1.29, 1.82) is 0 Å². The fourth-order valence-corrected chi connectivity index (χ4v) is 3.38. The lowest BCUT2D eigenvalue weighted by Crippen LogP contribution is -2.34. The van der Waals surface area contributed by atoms with Crippen molar-refractivity contribution in [2.75, 3.05) is 12.4 Å². The number of amides is 4. The van der Waals surface area contributed by atoms with E-state index in [1.54, 1.807) is 55.8 Å². The first-order valence-corrected chi connectivity index (χ1v) is 9.43. The number of nitrogens with zero attached hydrogens (tertiary/aromatic N) is 2. The van der Waals surface area contributed by atoms with Crippen LogP contribution in [0.15, 0.2) is 60.8 Å². The normalized spacial score (nSPS) is 15.9. The van der Waals surface area contributed by atoms with E-state index in [4.69, 9.17) is 4.74 Å². The molecule has 8 heteroatoms. The van der Waals surface area contributed by atoms with Gasteiger partial charge in [0, 0.05) is 11.6 Å². The molecule has 4 rings (SSSR count). The molecular formula is C22H20N4O4. The highest BCUT2D eigenvalue weighted by Crippen LogP contribution is 2.22. The number of imide groups is 1. The summed E-state index contributed by atoms with van der Waals surface area (Å²) in [6, 6.07) is 14.7. The van der Waals surface area contributed by atoms with E-state index in [1.165, 1.54) is 0 Å². The van der Waals surface area contributed by atoms with Crippen molar-refractivity contribution in [2.45, 2.75) is 19.0 Å². The monoisotopic (exact) mass is 404 g/mol. The quantitative estimate of drug-likeness (QED) is 0.615. The molecule has 1 aliphatic heterocycles. The summed E-state index contributed by atoms with van der Waals surface area (Å²) in [7, 11) is 1.57. The van der Waals surface area contributed by atoms with Gasteiger partial charge in [0.15, 0.2) is 0 Å². The van der Waals surface area contributed by atoms with E-state index >= 15 is 0 Å². The number of anilines is 1. The summed E-state index contributed by atoms with van der Waals surface area (Å²) in [6.07, 6.45) is 1.53. The molecule has 30 heavy (non-hydrogen) atoms. The Morgan fingerprint density at radius 2 is 1.93 bits per heavy atom. The molecule has 8 nitrogen and oxygen atoms in total. The summed E-state index contributed by atoms with van der Waals surface area (Å²) in [6.45, 7) is 0.127. The first kappa shape index (κ1) is 19.4. The van der Waals surface area contributed by atoms with Gasteiger partial charge in [0.25, 0.3) is 5.91 Å². The number of benzene rings is 2. The second kappa shape index (κ2) is 8.20. The van der Waals surface area contributed by atoms with Crippen LogP contribution in [0.3, 0.4) is 0 Å². The zero-order valence-corrected chi connectivity index (χ0v) is 16.3. The summed E-state index contributed by atoms with van der Waals surface area (Å²) in [5, 5.41) is 6.20. The predicted molar refractivity (Wildman–Crippen MR) is 111 cm³/mol. The number of urea groups is 1. The smallest absolute Gasteiger partial charge is 0.325 e. The Bertz CT molecular complexity index is 1110. The number of pyridine rings is 1. The lowest BCUT2D eigenvalue weighted by atomic mass is 10.1. The van der Waals surface area contributed by atoms with Gasteiger partial charge >= 0.3 is 6.03 Å². The van der Waals surface area contributed by atoms with Gasteiger partial charge in [-0.05, 0) is 42.0 Å². The number of fused-ring (bicyclic) bond motifs is 1. The number of hydrogen-bond donors (Lipinski definition) is 2. The molecule has 0 bridgehead atoms. The number of carbonyl (C=O) groups is 3. The van der Waals surface area contributed by atoms with Gasteiger partial charge in [-0.15, -0.1) is 0 Å². The molecule has 1 atom stereocenters. The molecule has 0 aliphatic carbocycles. The second-order valence-electron chi connectivity index (χ2n) is 6.90. The van der Waals surface area contributed by atoms with E-state index in [2.05, 4.69) is 15.6 Å². The van der Waals surface area contributed by atoms with Crippen molar-refractivity contribution in [3.63, 3.8) is 0 Å². The molecule has 4 amide bonds. The van der Waals surface area contributed by atoms with Crippen molar-refractivity contribution in [2.24, 2.45) is 0 Å². The maximum absolute atomic E-state index is 12.7. The highest BCUT2D eigenvalue weighted by atomic mass is 16.5. The molecule has 1 aliphatic rings. The zero-order valence-electron chi connectivity index (χ0n) is 16.3. The third kappa shape index (κ3) is 3.93. The summed E-state index contributed by atoms with van der Waals surface area (Å²) >= 11 is 0. The maximum atomic E-state index is 12.7. The standard InChI is InChI=1S/C22H20N4O4/c1-30-15-9-7-14(8-10-15)13-26-21(28)19(25-22(26)29)12-20(27)24-18-6-2-5-17-16(18)4-3-11-23-17/h2-11,19H,12-13H2,1H3,(H,24,27)(H,25,29)/t19-/m1/s1. The predicted octanol–water partition coefficient (Wildman–Crippen LogP) is 2.69. The van der Waals surface area contributed by atoms with Crippen LogP contribution in [-0.2, 0) is 16.1 Å². The maximum Gasteiger partial charge on any atom is 0.325 e. The number of carbonyl (C=O) groups excluding carboxylic acids is 3. The Balaban J connectivity index is 1.41. The fourth-order valence-electron chi connectivity index (χ4n) is 3.38. The Hall–Kier alpha value is -3.94. The van der Waals surface area contributed by atoms with Crippen molar-refractivity contribution < 1.29 is 19.1 Å². The molecule has 0 spiro atoms. The van der Waals surface area contributed by atoms with Crippen LogP contribution in [0, 0.1) is 0 Å². The SMILES string of the molecule is COc1ccc(CN2C(=O)N[C@H](CC(=O)Nc3cccc4ncccc34)C2=O)cc1. The van der Waals surface area contributed by atoms with Gasteiger partial charge in [0.1, 0.15) is 11.8 Å². The largest absolute Gasteiger partial charge is 0.497 e. The van der Waals surface area contributed by atoms with Crippen LogP contribution in [0.25, 0.3) is 10.9 Å². The summed E-state index contributed by atoms with van der Waals surface area (Å²) in [5.41, 5.74) is 2.15. The van der Waals surface area contributed by atoms with E-state index in [0.717, 1.165) is 21.4 Å². The highest BCUT2D eigenvalue weighted by Gasteiger charge is 2.39. The number of nitrogens with one attached hydrogen (secondary N) is 2. The third-order valence-electron chi connectivity index (χ3n) is 4.92. The molecule has 1 saturated heterocycles. The number of rotatable bonds is 6. The lowest BCUT2D eigenvalue weighted by molar-refractivity contribution is -0.130. The molecule has 0 radical (unpaired) electrons.